The lowest BCUT2D eigenvalue weighted by atomic mass is 10.3. The van der Waals surface area contributed by atoms with Gasteiger partial charge in [-0.15, -0.1) is 0 Å². The van der Waals surface area contributed by atoms with Gasteiger partial charge in [0, 0.05) is 13.1 Å². The molecule has 0 aliphatic rings. The highest BCUT2D eigenvalue weighted by atomic mass is 16.4. The summed E-state index contributed by atoms with van der Waals surface area (Å²) in [6.07, 6.45) is 2.76. The van der Waals surface area contributed by atoms with Crippen molar-refractivity contribution in [3.05, 3.63) is 11.6 Å². The molecule has 5 heteroatoms. The van der Waals surface area contributed by atoms with E-state index in [2.05, 4.69) is 10.6 Å². The number of carboxylic acids is 1. The van der Waals surface area contributed by atoms with Crippen molar-refractivity contribution in [3.8, 4) is 0 Å². The summed E-state index contributed by atoms with van der Waals surface area (Å²) in [5.74, 6) is -0.917. The number of urea groups is 1. The first-order valence-electron chi connectivity index (χ1n) is 4.89. The molecule has 0 aliphatic carbocycles. The Balaban J connectivity index is 3.42. The molecule has 0 unspecified atom stereocenters. The van der Waals surface area contributed by atoms with E-state index in [4.69, 9.17) is 5.11 Å². The number of allylic oxidation sites excluding steroid dienone is 1. The van der Waals surface area contributed by atoms with E-state index in [1.54, 1.807) is 0 Å². The number of carboxylic acid groups (broad SMARTS) is 1. The molecule has 0 saturated heterocycles. The maximum Gasteiger partial charge on any atom is 0.314 e. The number of rotatable bonds is 6. The molecule has 5 nitrogen and oxygen atoms in total. The number of amides is 2. The minimum atomic E-state index is -0.917. The summed E-state index contributed by atoms with van der Waals surface area (Å²) in [5.41, 5.74) is 1.21. The lowest BCUT2D eigenvalue weighted by Gasteiger charge is -2.04. The van der Waals surface area contributed by atoms with Gasteiger partial charge in [0.2, 0.25) is 0 Å². The molecule has 0 heterocycles. The Bertz CT molecular complexity index is 245. The van der Waals surface area contributed by atoms with Crippen molar-refractivity contribution >= 4 is 12.0 Å². The van der Waals surface area contributed by atoms with E-state index in [0.29, 0.717) is 6.54 Å². The first-order valence-corrected chi connectivity index (χ1v) is 4.89. The van der Waals surface area contributed by atoms with Crippen LogP contribution in [-0.2, 0) is 4.79 Å². The fraction of sp³-hybridized carbons (Fsp3) is 0.600. The monoisotopic (exact) mass is 214 g/mol. The molecule has 0 aromatic carbocycles. The summed E-state index contributed by atoms with van der Waals surface area (Å²) < 4.78 is 0. The minimum absolute atomic E-state index is 0.0542. The van der Waals surface area contributed by atoms with E-state index >= 15 is 0 Å². The van der Waals surface area contributed by atoms with Crippen LogP contribution in [0.1, 0.15) is 26.7 Å². The van der Waals surface area contributed by atoms with E-state index < -0.39 is 5.97 Å². The molecule has 0 rings (SSSR count). The molecule has 0 fully saturated rings. The van der Waals surface area contributed by atoms with Crippen LogP contribution in [0.15, 0.2) is 11.6 Å². The normalized spacial score (nSPS) is 9.20. The molecular weight excluding hydrogens is 196 g/mol. The first kappa shape index (κ1) is 13.5. The SMILES string of the molecule is CC(C)=CCCNC(=O)NCCC(=O)O. The van der Waals surface area contributed by atoms with Gasteiger partial charge in [-0.05, 0) is 20.3 Å². The van der Waals surface area contributed by atoms with Crippen LogP contribution >= 0.6 is 0 Å². The predicted molar refractivity (Wildman–Crippen MR) is 57.7 cm³/mol. The van der Waals surface area contributed by atoms with Crippen molar-refractivity contribution in [3.63, 3.8) is 0 Å². The molecule has 0 aromatic rings. The smallest absolute Gasteiger partial charge is 0.314 e. The van der Waals surface area contributed by atoms with Gasteiger partial charge < -0.3 is 15.7 Å². The molecule has 0 saturated carbocycles. The van der Waals surface area contributed by atoms with Crippen molar-refractivity contribution in [1.82, 2.24) is 10.6 Å². The number of hydrogen-bond acceptors (Lipinski definition) is 2. The zero-order valence-electron chi connectivity index (χ0n) is 9.17. The third-order valence-corrected chi connectivity index (χ3v) is 1.61. The molecule has 0 aliphatic heterocycles. The van der Waals surface area contributed by atoms with Crippen LogP contribution in [0.25, 0.3) is 0 Å². The van der Waals surface area contributed by atoms with Crippen LogP contribution in [0, 0.1) is 0 Å². The second-order valence-electron chi connectivity index (χ2n) is 3.40. The van der Waals surface area contributed by atoms with Gasteiger partial charge in [0.25, 0.3) is 0 Å². The second kappa shape index (κ2) is 7.84. The number of nitrogens with one attached hydrogen (secondary N) is 2. The van der Waals surface area contributed by atoms with Crippen LogP contribution in [-0.4, -0.2) is 30.2 Å². The van der Waals surface area contributed by atoms with Gasteiger partial charge in [-0.1, -0.05) is 11.6 Å². The summed E-state index contributed by atoms with van der Waals surface area (Å²) in [4.78, 5) is 21.2. The van der Waals surface area contributed by atoms with Gasteiger partial charge >= 0.3 is 12.0 Å². The zero-order valence-corrected chi connectivity index (χ0v) is 9.17. The highest BCUT2D eigenvalue weighted by Crippen LogP contribution is 1.90. The van der Waals surface area contributed by atoms with Crippen molar-refractivity contribution in [1.29, 1.82) is 0 Å². The predicted octanol–water partition coefficient (Wildman–Crippen LogP) is 1.12. The lowest BCUT2D eigenvalue weighted by Crippen LogP contribution is -2.36. The van der Waals surface area contributed by atoms with E-state index in [1.807, 2.05) is 19.9 Å². The summed E-state index contributed by atoms with van der Waals surface area (Å²) in [6, 6.07) is -0.321. The fourth-order valence-corrected chi connectivity index (χ4v) is 0.892. The molecule has 0 radical (unpaired) electrons. The standard InChI is InChI=1S/C10H18N2O3/c1-8(2)4-3-6-11-10(15)12-7-5-9(13)14/h4H,3,5-7H2,1-2H3,(H,13,14)(H2,11,12,15). The lowest BCUT2D eigenvalue weighted by molar-refractivity contribution is -0.136. The molecule has 86 valence electrons. The van der Waals surface area contributed by atoms with Crippen LogP contribution in [0.3, 0.4) is 0 Å². The molecule has 15 heavy (non-hydrogen) atoms. The van der Waals surface area contributed by atoms with Gasteiger partial charge in [-0.2, -0.15) is 0 Å². The van der Waals surface area contributed by atoms with Crippen LogP contribution in [0.2, 0.25) is 0 Å². The second-order valence-corrected chi connectivity index (χ2v) is 3.40. The maximum absolute atomic E-state index is 11.0. The third kappa shape index (κ3) is 10.4. The van der Waals surface area contributed by atoms with Crippen molar-refractivity contribution in [2.75, 3.05) is 13.1 Å². The largest absolute Gasteiger partial charge is 0.481 e. The highest BCUT2D eigenvalue weighted by molar-refractivity contribution is 5.74. The van der Waals surface area contributed by atoms with E-state index in [9.17, 15) is 9.59 Å². The quantitative estimate of drug-likeness (QED) is 0.458. The van der Waals surface area contributed by atoms with Gasteiger partial charge in [0.15, 0.2) is 0 Å². The highest BCUT2D eigenvalue weighted by Gasteiger charge is 2.00. The Morgan fingerprint density at radius 1 is 1.20 bits per heavy atom. The van der Waals surface area contributed by atoms with Crippen molar-refractivity contribution in [2.24, 2.45) is 0 Å². The molecule has 3 N–H and O–H groups in total. The zero-order chi connectivity index (χ0) is 11.7. The number of hydrogen-bond donors (Lipinski definition) is 3. The molecule has 0 spiro atoms. The summed E-state index contributed by atoms with van der Waals surface area (Å²) in [6.45, 7) is 4.70. The third-order valence-electron chi connectivity index (χ3n) is 1.61. The summed E-state index contributed by atoms with van der Waals surface area (Å²) in [7, 11) is 0. The average Bonchev–Trinajstić information content (AvgIpc) is 2.11. The van der Waals surface area contributed by atoms with Gasteiger partial charge in [-0.25, -0.2) is 4.79 Å². The molecule has 0 atom stereocenters. The Hall–Kier alpha value is -1.52. The van der Waals surface area contributed by atoms with Gasteiger partial charge in [0.05, 0.1) is 6.42 Å². The Morgan fingerprint density at radius 2 is 1.80 bits per heavy atom. The Labute approximate surface area is 89.6 Å². The first-order chi connectivity index (χ1) is 7.02. The van der Waals surface area contributed by atoms with Crippen molar-refractivity contribution in [2.45, 2.75) is 26.7 Å². The Morgan fingerprint density at radius 3 is 2.33 bits per heavy atom. The molecule has 0 bridgehead atoms. The van der Waals surface area contributed by atoms with Gasteiger partial charge in [-0.3, -0.25) is 4.79 Å². The van der Waals surface area contributed by atoms with E-state index in [0.717, 1.165) is 6.42 Å². The summed E-state index contributed by atoms with van der Waals surface area (Å²) >= 11 is 0. The molecule has 2 amide bonds. The summed E-state index contributed by atoms with van der Waals surface area (Å²) in [5, 5.41) is 13.4. The number of carbonyl (C=O) groups is 2. The Kier molecular flexibility index (Phi) is 7.05. The number of carbonyl (C=O) groups excluding carboxylic acids is 1. The van der Waals surface area contributed by atoms with E-state index in [-0.39, 0.29) is 19.0 Å². The minimum Gasteiger partial charge on any atom is -0.481 e. The van der Waals surface area contributed by atoms with Crippen LogP contribution in [0.4, 0.5) is 4.79 Å². The topological polar surface area (TPSA) is 78.4 Å². The number of aliphatic carboxylic acids is 1. The van der Waals surface area contributed by atoms with Gasteiger partial charge in [0.1, 0.15) is 0 Å². The van der Waals surface area contributed by atoms with Crippen LogP contribution in [0.5, 0.6) is 0 Å². The molecular formula is C10H18N2O3. The average molecular weight is 214 g/mol. The van der Waals surface area contributed by atoms with E-state index in [1.165, 1.54) is 5.57 Å². The molecule has 0 aromatic heterocycles. The maximum atomic E-state index is 11.0. The van der Waals surface area contributed by atoms with Crippen LogP contribution < -0.4 is 10.6 Å². The fourth-order valence-electron chi connectivity index (χ4n) is 0.892. The van der Waals surface area contributed by atoms with Crippen molar-refractivity contribution < 1.29 is 14.7 Å².